The largest absolute Gasteiger partial charge is 0.324 e. The Morgan fingerprint density at radius 2 is 1.96 bits per heavy atom. The molecule has 7 heteroatoms. The summed E-state index contributed by atoms with van der Waals surface area (Å²) in [4.78, 5) is 4.21. The number of rotatable bonds is 2. The van der Waals surface area contributed by atoms with Crippen LogP contribution in [0.2, 0.25) is 5.02 Å². The highest BCUT2D eigenvalue weighted by atomic mass is 79.9. The van der Waals surface area contributed by atoms with Gasteiger partial charge in [-0.3, -0.25) is 0 Å². The van der Waals surface area contributed by atoms with Gasteiger partial charge in [0.05, 0.1) is 0 Å². The molecule has 1 N–H and O–H groups in total. The molecular formula is C17H11BrClFN4. The summed E-state index contributed by atoms with van der Waals surface area (Å²) in [5.74, 6) is 0.169. The summed E-state index contributed by atoms with van der Waals surface area (Å²) in [5, 5.41) is 7.78. The molecule has 0 saturated heterocycles. The van der Waals surface area contributed by atoms with Crippen LogP contribution in [-0.2, 0) is 0 Å². The van der Waals surface area contributed by atoms with Crippen molar-refractivity contribution >= 4 is 39.2 Å². The van der Waals surface area contributed by atoms with Gasteiger partial charge in [-0.1, -0.05) is 45.7 Å². The first-order valence-corrected chi connectivity index (χ1v) is 8.39. The zero-order valence-electron chi connectivity index (χ0n) is 12.2. The molecule has 2 aromatic carbocycles. The van der Waals surface area contributed by atoms with Crippen LogP contribution in [-0.4, -0.2) is 14.8 Å². The minimum Gasteiger partial charge on any atom is -0.324 e. The number of hydrogen-bond acceptors (Lipinski definition) is 3. The molecule has 0 fully saturated rings. The number of benzene rings is 2. The predicted molar refractivity (Wildman–Crippen MR) is 95.3 cm³/mol. The van der Waals surface area contributed by atoms with E-state index >= 15 is 0 Å². The highest BCUT2D eigenvalue weighted by molar-refractivity contribution is 9.10. The van der Waals surface area contributed by atoms with Gasteiger partial charge in [0.2, 0.25) is 5.95 Å². The first-order chi connectivity index (χ1) is 11.6. The van der Waals surface area contributed by atoms with E-state index in [4.69, 9.17) is 11.6 Å². The molecule has 0 spiro atoms. The van der Waals surface area contributed by atoms with Gasteiger partial charge in [0.25, 0.3) is 0 Å². The van der Waals surface area contributed by atoms with Gasteiger partial charge in [-0.05, 0) is 35.9 Å². The molecule has 0 unspecified atom stereocenters. The highest BCUT2D eigenvalue weighted by Crippen LogP contribution is 2.36. The van der Waals surface area contributed by atoms with Gasteiger partial charge >= 0.3 is 0 Å². The summed E-state index contributed by atoms with van der Waals surface area (Å²) in [6.45, 7) is 0. The van der Waals surface area contributed by atoms with Crippen LogP contribution in [0.3, 0.4) is 0 Å². The average molecular weight is 406 g/mol. The van der Waals surface area contributed by atoms with Crippen LogP contribution >= 0.6 is 27.5 Å². The molecule has 2 heterocycles. The van der Waals surface area contributed by atoms with E-state index in [2.05, 4.69) is 31.3 Å². The molecule has 1 aliphatic rings. The van der Waals surface area contributed by atoms with E-state index in [-0.39, 0.29) is 5.82 Å². The van der Waals surface area contributed by atoms with Gasteiger partial charge in [0.15, 0.2) is 0 Å². The smallest absolute Gasteiger partial charge is 0.226 e. The van der Waals surface area contributed by atoms with Crippen molar-refractivity contribution in [3.05, 3.63) is 81.3 Å². The number of nitrogens with one attached hydrogen (secondary N) is 1. The van der Waals surface area contributed by atoms with E-state index in [1.807, 2.05) is 30.3 Å². The summed E-state index contributed by atoms with van der Waals surface area (Å²) in [6, 6.07) is 12.0. The molecule has 0 aliphatic carbocycles. The standard InChI is InChI=1S/C17H11BrClFN4/c18-11-6-4-10(5-7-11)14-8-15(24-17(23-14)21-9-22-24)16-12(19)2-1-3-13(16)20/h1-9,15H,(H,21,22,23)/t15-/m1/s1. The fraction of sp³-hybridized carbons (Fsp3) is 0.0588. The van der Waals surface area contributed by atoms with Gasteiger partial charge in [-0.25, -0.2) is 9.07 Å². The molecule has 0 bridgehead atoms. The van der Waals surface area contributed by atoms with Crippen LogP contribution in [0.25, 0.3) is 5.70 Å². The molecule has 0 radical (unpaired) electrons. The lowest BCUT2D eigenvalue weighted by Gasteiger charge is -2.25. The maximum absolute atomic E-state index is 14.4. The lowest BCUT2D eigenvalue weighted by atomic mass is 10.0. The Hall–Kier alpha value is -2.18. The van der Waals surface area contributed by atoms with E-state index in [0.29, 0.717) is 16.5 Å². The number of hydrogen-bond donors (Lipinski definition) is 1. The minimum absolute atomic E-state index is 0.356. The van der Waals surface area contributed by atoms with Crippen LogP contribution in [0.15, 0.2) is 59.3 Å². The van der Waals surface area contributed by atoms with Gasteiger partial charge in [-0.2, -0.15) is 10.1 Å². The average Bonchev–Trinajstić information content (AvgIpc) is 3.04. The number of nitrogens with zero attached hydrogens (tertiary/aromatic N) is 3. The van der Waals surface area contributed by atoms with Crippen molar-refractivity contribution in [1.82, 2.24) is 14.8 Å². The third-order valence-corrected chi connectivity index (χ3v) is 4.72. The second-order valence-electron chi connectivity index (χ2n) is 5.32. The van der Waals surface area contributed by atoms with Crippen molar-refractivity contribution in [2.75, 3.05) is 5.32 Å². The normalized spacial score (nSPS) is 16.3. The Morgan fingerprint density at radius 3 is 2.71 bits per heavy atom. The molecular weight excluding hydrogens is 395 g/mol. The predicted octanol–water partition coefficient (Wildman–Crippen LogP) is 4.89. The van der Waals surface area contributed by atoms with Gasteiger partial charge in [-0.15, -0.1) is 0 Å². The van der Waals surface area contributed by atoms with Gasteiger partial charge in [0.1, 0.15) is 18.2 Å². The Balaban J connectivity index is 1.87. The monoisotopic (exact) mass is 404 g/mol. The Bertz CT molecular complexity index is 916. The summed E-state index contributed by atoms with van der Waals surface area (Å²) < 4.78 is 17.0. The van der Waals surface area contributed by atoms with Crippen LogP contribution in [0, 0.1) is 5.82 Å². The molecule has 0 amide bonds. The summed E-state index contributed by atoms with van der Waals surface area (Å²) in [5.41, 5.74) is 2.17. The first-order valence-electron chi connectivity index (χ1n) is 7.21. The third kappa shape index (κ3) is 2.61. The van der Waals surface area contributed by atoms with Crippen LogP contribution in [0.5, 0.6) is 0 Å². The minimum atomic E-state index is -0.476. The Morgan fingerprint density at radius 1 is 1.17 bits per heavy atom. The fourth-order valence-electron chi connectivity index (χ4n) is 2.73. The van der Waals surface area contributed by atoms with E-state index < -0.39 is 6.04 Å². The zero-order chi connectivity index (χ0) is 16.7. The van der Waals surface area contributed by atoms with Crippen molar-refractivity contribution in [3.8, 4) is 0 Å². The summed E-state index contributed by atoms with van der Waals surface area (Å²) in [6.07, 6.45) is 3.33. The SMILES string of the molecule is Fc1cccc(Cl)c1[C@H]1C=C(c2ccc(Br)cc2)Nc2ncnn21. The van der Waals surface area contributed by atoms with Crippen molar-refractivity contribution in [2.45, 2.75) is 6.04 Å². The lowest BCUT2D eigenvalue weighted by molar-refractivity contribution is 0.551. The molecule has 1 atom stereocenters. The second-order valence-corrected chi connectivity index (χ2v) is 6.64. The Kier molecular flexibility index (Phi) is 3.86. The van der Waals surface area contributed by atoms with E-state index in [1.54, 1.807) is 16.8 Å². The Labute approximate surface area is 151 Å². The molecule has 3 aromatic rings. The zero-order valence-corrected chi connectivity index (χ0v) is 14.6. The number of anilines is 1. The highest BCUT2D eigenvalue weighted by Gasteiger charge is 2.27. The van der Waals surface area contributed by atoms with E-state index in [9.17, 15) is 4.39 Å². The molecule has 24 heavy (non-hydrogen) atoms. The quantitative estimate of drug-likeness (QED) is 0.660. The maximum Gasteiger partial charge on any atom is 0.226 e. The van der Waals surface area contributed by atoms with Crippen molar-refractivity contribution < 1.29 is 4.39 Å². The molecule has 1 aromatic heterocycles. The molecule has 120 valence electrons. The number of aromatic nitrogens is 3. The van der Waals surface area contributed by atoms with Gasteiger partial charge < -0.3 is 5.32 Å². The van der Waals surface area contributed by atoms with E-state index in [1.165, 1.54) is 12.4 Å². The molecule has 4 rings (SSSR count). The molecule has 1 aliphatic heterocycles. The maximum atomic E-state index is 14.4. The molecule has 4 nitrogen and oxygen atoms in total. The van der Waals surface area contributed by atoms with E-state index in [0.717, 1.165) is 15.7 Å². The van der Waals surface area contributed by atoms with Crippen LogP contribution in [0.4, 0.5) is 10.3 Å². The van der Waals surface area contributed by atoms with Gasteiger partial charge in [0, 0.05) is 20.8 Å². The third-order valence-electron chi connectivity index (χ3n) is 3.86. The second kappa shape index (κ2) is 6.03. The van der Waals surface area contributed by atoms with Crippen molar-refractivity contribution in [3.63, 3.8) is 0 Å². The fourth-order valence-corrected chi connectivity index (χ4v) is 3.27. The van der Waals surface area contributed by atoms with Crippen LogP contribution in [0.1, 0.15) is 17.2 Å². The van der Waals surface area contributed by atoms with Crippen molar-refractivity contribution in [2.24, 2.45) is 0 Å². The topological polar surface area (TPSA) is 42.7 Å². The van der Waals surface area contributed by atoms with Crippen LogP contribution < -0.4 is 5.32 Å². The molecule has 0 saturated carbocycles. The summed E-state index contributed by atoms with van der Waals surface area (Å²) >= 11 is 9.68. The number of allylic oxidation sites excluding steroid dienone is 1. The van der Waals surface area contributed by atoms with Crippen molar-refractivity contribution in [1.29, 1.82) is 0 Å². The number of fused-ring (bicyclic) bond motifs is 1. The first kappa shape index (κ1) is 15.4. The lowest BCUT2D eigenvalue weighted by Crippen LogP contribution is -2.21. The summed E-state index contributed by atoms with van der Waals surface area (Å²) in [7, 11) is 0. The number of halogens is 3.